The average molecular weight is 149 g/mol. The molecule has 0 radical (unpaired) electrons. The van der Waals surface area contributed by atoms with E-state index < -0.39 is 5.76 Å². The van der Waals surface area contributed by atoms with Crippen molar-refractivity contribution in [2.75, 3.05) is 0 Å². The van der Waals surface area contributed by atoms with E-state index in [1.165, 1.54) is 0 Å². The van der Waals surface area contributed by atoms with Crippen molar-refractivity contribution in [2.45, 2.75) is 6.42 Å². The molecule has 0 saturated carbocycles. The van der Waals surface area contributed by atoms with Crippen LogP contribution in [0.2, 0.25) is 0 Å². The molecule has 1 aromatic heterocycles. The van der Waals surface area contributed by atoms with Crippen LogP contribution in [0.25, 0.3) is 12.2 Å². The molecule has 0 amide bonds. The molecular formula is C8H7NO2. The highest BCUT2D eigenvalue weighted by Gasteiger charge is 2.03. The maximum atomic E-state index is 10.7. The zero-order valence-electron chi connectivity index (χ0n) is 5.83. The van der Waals surface area contributed by atoms with Gasteiger partial charge in [-0.25, -0.2) is 4.79 Å². The van der Waals surface area contributed by atoms with Gasteiger partial charge in [0, 0.05) is 0 Å². The molecule has 1 aliphatic rings. The van der Waals surface area contributed by atoms with E-state index in [0.717, 1.165) is 12.1 Å². The molecule has 3 nitrogen and oxygen atoms in total. The van der Waals surface area contributed by atoms with Crippen molar-refractivity contribution in [3.05, 3.63) is 34.2 Å². The highest BCUT2D eigenvalue weighted by atomic mass is 16.4. The molecule has 0 bridgehead atoms. The molecule has 0 unspecified atom stereocenters. The Labute approximate surface area is 63.0 Å². The first kappa shape index (κ1) is 6.22. The molecule has 0 aromatic carbocycles. The second-order valence-electron chi connectivity index (χ2n) is 2.33. The number of oxazole rings is 1. The Morgan fingerprint density at radius 1 is 1.36 bits per heavy atom. The van der Waals surface area contributed by atoms with Crippen molar-refractivity contribution >= 4 is 12.2 Å². The Morgan fingerprint density at radius 3 is 3.09 bits per heavy atom. The van der Waals surface area contributed by atoms with E-state index in [1.54, 1.807) is 6.08 Å². The summed E-state index contributed by atoms with van der Waals surface area (Å²) in [4.78, 5) is 13.3. The Kier molecular flexibility index (Phi) is 1.28. The van der Waals surface area contributed by atoms with Gasteiger partial charge < -0.3 is 4.42 Å². The molecule has 1 heterocycles. The van der Waals surface area contributed by atoms with Crippen LogP contribution in [-0.4, -0.2) is 4.98 Å². The van der Waals surface area contributed by atoms with Gasteiger partial charge in [0.05, 0.1) is 5.69 Å². The highest BCUT2D eigenvalue weighted by molar-refractivity contribution is 5.60. The number of rotatable bonds is 0. The number of nitrogens with one attached hydrogen (secondary N) is 1. The minimum atomic E-state index is -0.397. The zero-order valence-corrected chi connectivity index (χ0v) is 5.83. The smallest absolute Gasteiger partial charge is 0.408 e. The second kappa shape index (κ2) is 2.27. The first-order chi connectivity index (χ1) is 5.36. The van der Waals surface area contributed by atoms with Crippen molar-refractivity contribution in [3.8, 4) is 0 Å². The van der Waals surface area contributed by atoms with Gasteiger partial charge in [0.1, 0.15) is 0 Å². The third kappa shape index (κ3) is 1.05. The molecule has 0 spiro atoms. The van der Waals surface area contributed by atoms with Crippen molar-refractivity contribution in [1.29, 1.82) is 0 Å². The van der Waals surface area contributed by atoms with Crippen molar-refractivity contribution in [2.24, 2.45) is 0 Å². The van der Waals surface area contributed by atoms with Gasteiger partial charge in [0.2, 0.25) is 0 Å². The topological polar surface area (TPSA) is 46.0 Å². The monoisotopic (exact) mass is 149 g/mol. The lowest BCUT2D eigenvalue weighted by molar-refractivity contribution is 0.506. The van der Waals surface area contributed by atoms with E-state index in [9.17, 15) is 4.79 Å². The van der Waals surface area contributed by atoms with E-state index in [4.69, 9.17) is 4.42 Å². The average Bonchev–Trinajstić information content (AvgIpc) is 2.17. The van der Waals surface area contributed by atoms with Crippen LogP contribution in [0.3, 0.4) is 0 Å². The van der Waals surface area contributed by atoms with Crippen LogP contribution < -0.4 is 5.76 Å². The summed E-state index contributed by atoms with van der Waals surface area (Å²) in [6, 6.07) is 0. The number of hydrogen-bond acceptors (Lipinski definition) is 2. The van der Waals surface area contributed by atoms with E-state index in [1.807, 2.05) is 18.2 Å². The van der Waals surface area contributed by atoms with Gasteiger partial charge in [-0.15, -0.1) is 0 Å². The number of hydrogen-bond donors (Lipinski definition) is 1. The summed E-state index contributed by atoms with van der Waals surface area (Å²) in [6.07, 6.45) is 8.44. The molecule has 56 valence electrons. The maximum absolute atomic E-state index is 10.7. The van der Waals surface area contributed by atoms with Crippen molar-refractivity contribution in [1.82, 2.24) is 4.98 Å². The Bertz CT molecular complexity index is 335. The molecule has 11 heavy (non-hydrogen) atoms. The van der Waals surface area contributed by atoms with E-state index in [0.29, 0.717) is 5.76 Å². The first-order valence-corrected chi connectivity index (χ1v) is 3.42. The molecule has 0 aliphatic heterocycles. The van der Waals surface area contributed by atoms with Crippen LogP contribution in [0.5, 0.6) is 0 Å². The normalized spacial score (nSPS) is 14.5. The summed E-state index contributed by atoms with van der Waals surface area (Å²) in [5.74, 6) is 0.218. The summed E-state index contributed by atoms with van der Waals surface area (Å²) < 4.78 is 4.84. The summed E-state index contributed by atoms with van der Waals surface area (Å²) >= 11 is 0. The van der Waals surface area contributed by atoms with Gasteiger partial charge in [-0.05, 0) is 18.6 Å². The number of H-pyrrole nitrogens is 1. The number of aromatic amines is 1. The lowest BCUT2D eigenvalue weighted by atomic mass is 10.3. The largest absolute Gasteiger partial charge is 0.417 e. The predicted octanol–water partition coefficient (Wildman–Crippen LogP) is 1.40. The van der Waals surface area contributed by atoms with Crippen LogP contribution in [0.1, 0.15) is 17.9 Å². The summed E-state index contributed by atoms with van der Waals surface area (Å²) in [5.41, 5.74) is 0.753. The van der Waals surface area contributed by atoms with Gasteiger partial charge in [-0.1, -0.05) is 12.2 Å². The third-order valence-electron chi connectivity index (χ3n) is 1.53. The maximum Gasteiger partial charge on any atom is 0.417 e. The quantitative estimate of drug-likeness (QED) is 0.606. The van der Waals surface area contributed by atoms with Gasteiger partial charge in [-0.3, -0.25) is 4.98 Å². The molecule has 0 atom stereocenters. The molecule has 0 fully saturated rings. The minimum Gasteiger partial charge on any atom is -0.408 e. The summed E-state index contributed by atoms with van der Waals surface area (Å²) in [7, 11) is 0. The summed E-state index contributed by atoms with van der Waals surface area (Å²) in [5, 5.41) is 0. The van der Waals surface area contributed by atoms with Gasteiger partial charge >= 0.3 is 5.76 Å². The Balaban J connectivity index is 2.65. The molecule has 0 saturated heterocycles. The van der Waals surface area contributed by atoms with Gasteiger partial charge in [-0.2, -0.15) is 0 Å². The lowest BCUT2D eigenvalue weighted by Gasteiger charge is -1.82. The van der Waals surface area contributed by atoms with Crippen molar-refractivity contribution < 1.29 is 4.42 Å². The van der Waals surface area contributed by atoms with Gasteiger partial charge in [0.15, 0.2) is 5.76 Å². The molecule has 3 heteroatoms. The zero-order chi connectivity index (χ0) is 7.68. The van der Waals surface area contributed by atoms with E-state index in [2.05, 4.69) is 4.98 Å². The standard InChI is InChI=1S/C8H7NO2/c10-8-9-6-4-2-1-3-5-7(6)11-8/h2-5H,1H2,(H,9,10). The predicted molar refractivity (Wildman–Crippen MR) is 42.0 cm³/mol. The Hall–Kier alpha value is -1.51. The van der Waals surface area contributed by atoms with Gasteiger partial charge in [0.25, 0.3) is 0 Å². The number of aromatic nitrogens is 1. The van der Waals surface area contributed by atoms with E-state index in [-0.39, 0.29) is 0 Å². The van der Waals surface area contributed by atoms with E-state index >= 15 is 0 Å². The SMILES string of the molecule is O=c1[nH]c2c(o1)C=CCC=C2. The molecule has 2 rings (SSSR count). The molecular weight excluding hydrogens is 142 g/mol. The van der Waals surface area contributed by atoms with Crippen LogP contribution in [0.15, 0.2) is 21.4 Å². The molecule has 1 aliphatic carbocycles. The molecule has 1 N–H and O–H groups in total. The van der Waals surface area contributed by atoms with Crippen LogP contribution in [-0.2, 0) is 0 Å². The fourth-order valence-electron chi connectivity index (χ4n) is 1.04. The van der Waals surface area contributed by atoms with Crippen LogP contribution in [0, 0.1) is 0 Å². The summed E-state index contributed by atoms with van der Waals surface area (Å²) in [6.45, 7) is 0. The second-order valence-corrected chi connectivity index (χ2v) is 2.33. The minimum absolute atomic E-state index is 0.397. The molecule has 1 aromatic rings. The highest BCUT2D eigenvalue weighted by Crippen LogP contribution is 2.12. The van der Waals surface area contributed by atoms with Crippen molar-refractivity contribution in [3.63, 3.8) is 0 Å². The number of allylic oxidation sites excluding steroid dienone is 2. The third-order valence-corrected chi connectivity index (χ3v) is 1.53. The van der Waals surface area contributed by atoms with Crippen LogP contribution in [0.4, 0.5) is 0 Å². The lowest BCUT2D eigenvalue weighted by Crippen LogP contribution is -1.94. The Morgan fingerprint density at radius 2 is 2.18 bits per heavy atom. The number of fused-ring (bicyclic) bond motifs is 1. The fourth-order valence-corrected chi connectivity index (χ4v) is 1.04. The fraction of sp³-hybridized carbons (Fsp3) is 0.125. The van der Waals surface area contributed by atoms with Crippen LogP contribution >= 0.6 is 0 Å². The first-order valence-electron chi connectivity index (χ1n) is 3.42.